The third kappa shape index (κ3) is 4.04. The van der Waals surface area contributed by atoms with Gasteiger partial charge in [0.1, 0.15) is 5.75 Å². The van der Waals surface area contributed by atoms with Gasteiger partial charge in [-0.1, -0.05) is 34.8 Å². The first-order valence-electron chi connectivity index (χ1n) is 9.00. The number of ether oxygens (including phenoxy) is 1. The van der Waals surface area contributed by atoms with E-state index in [-0.39, 0.29) is 12.5 Å². The van der Waals surface area contributed by atoms with Gasteiger partial charge in [-0.25, -0.2) is 0 Å². The summed E-state index contributed by atoms with van der Waals surface area (Å²) in [6, 6.07) is 10.4. The Hall–Kier alpha value is -2.01. The van der Waals surface area contributed by atoms with Crippen molar-refractivity contribution in [1.82, 2.24) is 4.98 Å². The Labute approximate surface area is 177 Å². The number of hydrogen-bond acceptors (Lipinski definition) is 3. The molecule has 1 amide bonds. The summed E-state index contributed by atoms with van der Waals surface area (Å²) in [5.41, 5.74) is 3.70. The number of anilines is 1. The van der Waals surface area contributed by atoms with Crippen LogP contribution in [0, 0.1) is 0 Å². The van der Waals surface area contributed by atoms with Gasteiger partial charge in [0.2, 0.25) is 0 Å². The van der Waals surface area contributed by atoms with Crippen molar-refractivity contribution < 1.29 is 9.53 Å². The first-order valence-corrected chi connectivity index (χ1v) is 10.1. The number of amides is 1. The number of aryl methyl sites for hydroxylation is 1. The molecule has 144 valence electrons. The summed E-state index contributed by atoms with van der Waals surface area (Å²) in [6.45, 7) is -0.171. The molecule has 28 heavy (non-hydrogen) atoms. The number of benzene rings is 2. The third-order valence-corrected chi connectivity index (χ3v) is 5.69. The molecule has 0 bridgehead atoms. The van der Waals surface area contributed by atoms with Gasteiger partial charge in [-0.2, -0.15) is 0 Å². The van der Waals surface area contributed by atoms with E-state index >= 15 is 0 Å². The lowest BCUT2D eigenvalue weighted by Crippen LogP contribution is -2.20. The molecular weight excluding hydrogens is 419 g/mol. The van der Waals surface area contributed by atoms with Crippen LogP contribution in [0.3, 0.4) is 0 Å². The second-order valence-electron chi connectivity index (χ2n) is 6.70. The van der Waals surface area contributed by atoms with Crippen LogP contribution < -0.4 is 10.1 Å². The number of nitrogens with zero attached hydrogens (tertiary/aromatic N) is 1. The van der Waals surface area contributed by atoms with Crippen LogP contribution in [0.25, 0.3) is 10.9 Å². The van der Waals surface area contributed by atoms with Crippen LogP contribution in [-0.2, 0) is 17.6 Å². The lowest BCUT2D eigenvalue weighted by molar-refractivity contribution is -0.118. The number of hydrogen-bond donors (Lipinski definition) is 1. The second kappa shape index (κ2) is 8.16. The fourth-order valence-electron chi connectivity index (χ4n) is 3.38. The first-order chi connectivity index (χ1) is 13.5. The molecule has 0 saturated carbocycles. The maximum Gasteiger partial charge on any atom is 0.262 e. The zero-order chi connectivity index (χ0) is 19.7. The zero-order valence-corrected chi connectivity index (χ0v) is 17.2. The van der Waals surface area contributed by atoms with Gasteiger partial charge in [0.05, 0.1) is 15.6 Å². The predicted octanol–water partition coefficient (Wildman–Crippen LogP) is 6.09. The van der Waals surface area contributed by atoms with Crippen molar-refractivity contribution in [3.8, 4) is 5.75 Å². The molecule has 0 radical (unpaired) electrons. The lowest BCUT2D eigenvalue weighted by Gasteiger charge is -2.18. The number of nitrogens with one attached hydrogen (secondary N) is 1. The standard InChI is InChI=1S/C21H17Cl3N2O2/c22-12-5-8-19(16(23)9-12)28-11-20(27)25-13-6-7-18-15(10-13)21(24)14-3-1-2-4-17(14)26-18/h5-10H,1-4,11H2,(H,25,27). The molecular formula is C21H17Cl3N2O2. The quantitative estimate of drug-likeness (QED) is 0.539. The largest absolute Gasteiger partial charge is 0.482 e. The van der Waals surface area contributed by atoms with E-state index in [4.69, 9.17) is 44.5 Å². The summed E-state index contributed by atoms with van der Waals surface area (Å²) >= 11 is 18.5. The SMILES string of the molecule is O=C(COc1ccc(Cl)cc1Cl)Nc1ccc2nc3c(c(Cl)c2c1)CCCC3. The highest BCUT2D eigenvalue weighted by atomic mass is 35.5. The summed E-state index contributed by atoms with van der Waals surface area (Å²) < 4.78 is 5.47. The summed E-state index contributed by atoms with van der Waals surface area (Å²) in [5, 5.41) is 5.27. The highest BCUT2D eigenvalue weighted by molar-refractivity contribution is 6.36. The maximum atomic E-state index is 12.3. The monoisotopic (exact) mass is 434 g/mol. The summed E-state index contributed by atoms with van der Waals surface area (Å²) in [5.74, 6) is 0.103. The van der Waals surface area contributed by atoms with E-state index in [0.717, 1.165) is 52.9 Å². The van der Waals surface area contributed by atoms with E-state index in [2.05, 4.69) is 5.32 Å². The van der Waals surface area contributed by atoms with Gasteiger partial charge in [0.15, 0.2) is 6.61 Å². The Balaban J connectivity index is 1.49. The molecule has 0 spiro atoms. The Morgan fingerprint density at radius 2 is 1.89 bits per heavy atom. The first kappa shape index (κ1) is 19.3. The molecule has 1 heterocycles. The van der Waals surface area contributed by atoms with E-state index in [0.29, 0.717) is 21.5 Å². The average molecular weight is 436 g/mol. The molecule has 1 aliphatic carbocycles. The number of halogens is 3. The van der Waals surface area contributed by atoms with Gasteiger partial charge in [0.25, 0.3) is 5.91 Å². The molecule has 1 aromatic heterocycles. The topological polar surface area (TPSA) is 51.2 Å². The van der Waals surface area contributed by atoms with Crippen molar-refractivity contribution in [3.05, 3.63) is 62.7 Å². The van der Waals surface area contributed by atoms with Gasteiger partial charge in [-0.15, -0.1) is 0 Å². The minimum atomic E-state index is -0.299. The minimum absolute atomic E-state index is 0.171. The number of fused-ring (bicyclic) bond motifs is 2. The molecule has 1 aliphatic rings. The molecule has 4 rings (SSSR count). The van der Waals surface area contributed by atoms with E-state index < -0.39 is 0 Å². The number of carbonyl (C=O) groups is 1. The van der Waals surface area contributed by atoms with Crippen LogP contribution in [0.4, 0.5) is 5.69 Å². The van der Waals surface area contributed by atoms with Gasteiger partial charge < -0.3 is 10.1 Å². The predicted molar refractivity (Wildman–Crippen MR) is 114 cm³/mol. The van der Waals surface area contributed by atoms with Crippen LogP contribution in [0.5, 0.6) is 5.75 Å². The van der Waals surface area contributed by atoms with Crippen molar-refractivity contribution in [2.24, 2.45) is 0 Å². The zero-order valence-electron chi connectivity index (χ0n) is 14.9. The van der Waals surface area contributed by atoms with Crippen LogP contribution in [-0.4, -0.2) is 17.5 Å². The molecule has 7 heteroatoms. The molecule has 1 N–H and O–H groups in total. The van der Waals surface area contributed by atoms with Crippen molar-refractivity contribution >= 4 is 57.3 Å². The fourth-order valence-corrected chi connectivity index (χ4v) is 4.19. The van der Waals surface area contributed by atoms with Crippen molar-refractivity contribution in [2.75, 3.05) is 11.9 Å². The van der Waals surface area contributed by atoms with Crippen LogP contribution in [0.15, 0.2) is 36.4 Å². The molecule has 4 nitrogen and oxygen atoms in total. The Morgan fingerprint density at radius 1 is 1.07 bits per heavy atom. The number of carbonyl (C=O) groups excluding carboxylic acids is 1. The molecule has 3 aromatic rings. The third-order valence-electron chi connectivity index (χ3n) is 4.73. The molecule has 0 aliphatic heterocycles. The van der Waals surface area contributed by atoms with E-state index in [9.17, 15) is 4.79 Å². The average Bonchev–Trinajstić information content (AvgIpc) is 2.68. The maximum absolute atomic E-state index is 12.3. The van der Waals surface area contributed by atoms with E-state index in [1.54, 1.807) is 18.2 Å². The fraction of sp³-hybridized carbons (Fsp3) is 0.238. The Morgan fingerprint density at radius 3 is 2.71 bits per heavy atom. The summed E-state index contributed by atoms with van der Waals surface area (Å²) in [4.78, 5) is 17.0. The van der Waals surface area contributed by atoms with Crippen LogP contribution in [0.2, 0.25) is 15.1 Å². The van der Waals surface area contributed by atoms with E-state index in [1.165, 1.54) is 0 Å². The molecule has 0 saturated heterocycles. The highest BCUT2D eigenvalue weighted by Crippen LogP contribution is 2.34. The smallest absolute Gasteiger partial charge is 0.262 e. The number of aromatic nitrogens is 1. The molecule has 0 unspecified atom stereocenters. The van der Waals surface area contributed by atoms with Crippen molar-refractivity contribution in [1.29, 1.82) is 0 Å². The Kier molecular flexibility index (Phi) is 5.63. The minimum Gasteiger partial charge on any atom is -0.482 e. The second-order valence-corrected chi connectivity index (χ2v) is 7.92. The van der Waals surface area contributed by atoms with Gasteiger partial charge in [-0.3, -0.25) is 9.78 Å². The number of rotatable bonds is 4. The van der Waals surface area contributed by atoms with Crippen molar-refractivity contribution in [2.45, 2.75) is 25.7 Å². The van der Waals surface area contributed by atoms with Crippen molar-refractivity contribution in [3.63, 3.8) is 0 Å². The van der Waals surface area contributed by atoms with Crippen LogP contribution in [0.1, 0.15) is 24.1 Å². The van der Waals surface area contributed by atoms with Gasteiger partial charge >= 0.3 is 0 Å². The Bertz CT molecular complexity index is 1070. The highest BCUT2D eigenvalue weighted by Gasteiger charge is 2.17. The van der Waals surface area contributed by atoms with Crippen LogP contribution >= 0.6 is 34.8 Å². The molecule has 2 aromatic carbocycles. The summed E-state index contributed by atoms with van der Waals surface area (Å²) in [7, 11) is 0. The van der Waals surface area contributed by atoms with Gasteiger partial charge in [0, 0.05) is 21.8 Å². The molecule has 0 fully saturated rings. The normalized spacial score (nSPS) is 13.2. The van der Waals surface area contributed by atoms with Gasteiger partial charge in [-0.05, 0) is 67.6 Å². The number of pyridine rings is 1. The van der Waals surface area contributed by atoms with E-state index in [1.807, 2.05) is 18.2 Å². The lowest BCUT2D eigenvalue weighted by atomic mass is 9.94. The summed E-state index contributed by atoms with van der Waals surface area (Å²) in [6.07, 6.45) is 4.19. The molecule has 0 atom stereocenters.